The van der Waals surface area contributed by atoms with Crippen molar-refractivity contribution in [3.05, 3.63) is 129 Å². The SMILES string of the molecule is COc1cc(C=Nc2ccc([C@@H]3Nc4ccccc4[C@H]4C=CC[C@H]43)cc2)cc(Br)c1OCc1cccc(Cl)c1. The van der Waals surface area contributed by atoms with Gasteiger partial charge in [0.2, 0.25) is 0 Å². The van der Waals surface area contributed by atoms with Crippen LogP contribution in [0.4, 0.5) is 11.4 Å². The number of para-hydroxylation sites is 1. The van der Waals surface area contributed by atoms with E-state index in [4.69, 9.17) is 26.1 Å². The second kappa shape index (κ2) is 11.3. The van der Waals surface area contributed by atoms with Gasteiger partial charge >= 0.3 is 0 Å². The van der Waals surface area contributed by atoms with Crippen molar-refractivity contribution in [3.8, 4) is 11.5 Å². The van der Waals surface area contributed by atoms with Crippen LogP contribution in [0.5, 0.6) is 11.5 Å². The lowest BCUT2D eigenvalue weighted by Gasteiger charge is -2.37. The van der Waals surface area contributed by atoms with E-state index < -0.39 is 0 Å². The molecule has 4 nitrogen and oxygen atoms in total. The molecule has 0 saturated carbocycles. The lowest BCUT2D eigenvalue weighted by Crippen LogP contribution is -2.28. The zero-order valence-electron chi connectivity index (χ0n) is 21.5. The van der Waals surface area contributed by atoms with Gasteiger partial charge in [-0.3, -0.25) is 4.99 Å². The first kappa shape index (κ1) is 25.7. The fraction of sp³-hybridized carbons (Fsp3) is 0.182. The van der Waals surface area contributed by atoms with Gasteiger partial charge in [0.25, 0.3) is 0 Å². The molecule has 0 aromatic heterocycles. The molecule has 0 radical (unpaired) electrons. The quantitative estimate of drug-likeness (QED) is 0.170. The summed E-state index contributed by atoms with van der Waals surface area (Å²) in [6.45, 7) is 0.383. The molecular formula is C33H28BrClN2O2. The van der Waals surface area contributed by atoms with Crippen molar-refractivity contribution in [2.24, 2.45) is 10.9 Å². The van der Waals surface area contributed by atoms with Crippen molar-refractivity contribution in [2.45, 2.75) is 25.0 Å². The van der Waals surface area contributed by atoms with Crippen LogP contribution >= 0.6 is 27.5 Å². The summed E-state index contributed by atoms with van der Waals surface area (Å²) in [5.41, 5.74) is 6.70. The smallest absolute Gasteiger partial charge is 0.175 e. The Morgan fingerprint density at radius 3 is 2.69 bits per heavy atom. The Bertz CT molecular complexity index is 1550. The van der Waals surface area contributed by atoms with Gasteiger partial charge in [0.05, 0.1) is 23.3 Å². The molecule has 3 atom stereocenters. The summed E-state index contributed by atoms with van der Waals surface area (Å²) in [6, 6.07) is 29.0. The summed E-state index contributed by atoms with van der Waals surface area (Å²) >= 11 is 9.74. The molecule has 0 spiro atoms. The fourth-order valence-corrected chi connectivity index (χ4v) is 6.31. The average Bonchev–Trinajstić information content (AvgIpc) is 3.46. The molecular weight excluding hydrogens is 572 g/mol. The van der Waals surface area contributed by atoms with Gasteiger partial charge in [0.1, 0.15) is 6.61 Å². The van der Waals surface area contributed by atoms with Crippen LogP contribution in [0.1, 0.15) is 40.6 Å². The van der Waals surface area contributed by atoms with E-state index in [1.807, 2.05) is 42.6 Å². The van der Waals surface area contributed by atoms with E-state index in [-0.39, 0.29) is 6.04 Å². The highest BCUT2D eigenvalue weighted by Crippen LogP contribution is 2.49. The number of nitrogens with one attached hydrogen (secondary N) is 1. The molecule has 2 aliphatic rings. The van der Waals surface area contributed by atoms with Gasteiger partial charge in [-0.1, -0.05) is 66.2 Å². The monoisotopic (exact) mass is 598 g/mol. The van der Waals surface area contributed by atoms with E-state index in [9.17, 15) is 0 Å². The highest BCUT2D eigenvalue weighted by Gasteiger charge is 2.37. The number of hydrogen-bond acceptors (Lipinski definition) is 4. The number of methoxy groups -OCH3 is 1. The maximum absolute atomic E-state index is 6.10. The molecule has 4 aromatic carbocycles. The third-order valence-corrected chi connectivity index (χ3v) is 8.24. The Labute approximate surface area is 242 Å². The van der Waals surface area contributed by atoms with Gasteiger partial charge in [-0.05, 0) is 93.0 Å². The van der Waals surface area contributed by atoms with Crippen molar-refractivity contribution in [1.29, 1.82) is 0 Å². The molecule has 196 valence electrons. The minimum Gasteiger partial charge on any atom is -0.493 e. The van der Waals surface area contributed by atoms with Crippen molar-refractivity contribution < 1.29 is 9.47 Å². The minimum atomic E-state index is 0.276. The number of fused-ring (bicyclic) bond motifs is 3. The van der Waals surface area contributed by atoms with Gasteiger partial charge < -0.3 is 14.8 Å². The zero-order valence-corrected chi connectivity index (χ0v) is 23.8. The van der Waals surface area contributed by atoms with Crippen molar-refractivity contribution in [2.75, 3.05) is 12.4 Å². The largest absolute Gasteiger partial charge is 0.493 e. The number of hydrogen-bond donors (Lipinski definition) is 1. The van der Waals surface area contributed by atoms with Crippen LogP contribution in [0.25, 0.3) is 0 Å². The molecule has 0 saturated heterocycles. The highest BCUT2D eigenvalue weighted by molar-refractivity contribution is 9.10. The second-order valence-electron chi connectivity index (χ2n) is 9.87. The number of aliphatic imine (C=N–C) groups is 1. The van der Waals surface area contributed by atoms with Gasteiger partial charge in [0, 0.05) is 22.8 Å². The average molecular weight is 600 g/mol. The first-order valence-corrected chi connectivity index (χ1v) is 14.2. The van der Waals surface area contributed by atoms with E-state index in [0.717, 1.165) is 27.7 Å². The Kier molecular flexibility index (Phi) is 7.45. The number of rotatable bonds is 7. The van der Waals surface area contributed by atoms with Gasteiger partial charge in [-0.25, -0.2) is 0 Å². The topological polar surface area (TPSA) is 42.8 Å². The predicted molar refractivity (Wildman–Crippen MR) is 163 cm³/mol. The lowest BCUT2D eigenvalue weighted by molar-refractivity contribution is 0.282. The zero-order chi connectivity index (χ0) is 26.8. The third-order valence-electron chi connectivity index (χ3n) is 7.41. The lowest BCUT2D eigenvalue weighted by atomic mass is 9.77. The maximum Gasteiger partial charge on any atom is 0.175 e. The van der Waals surface area contributed by atoms with Crippen LogP contribution in [0, 0.1) is 5.92 Å². The summed E-state index contributed by atoms with van der Waals surface area (Å²) in [5.74, 6) is 2.27. The highest BCUT2D eigenvalue weighted by atomic mass is 79.9. The van der Waals surface area contributed by atoms with Gasteiger partial charge in [-0.15, -0.1) is 0 Å². The number of nitrogens with zero attached hydrogens (tertiary/aromatic N) is 1. The van der Waals surface area contributed by atoms with E-state index in [1.165, 1.54) is 16.8 Å². The maximum atomic E-state index is 6.10. The van der Waals surface area contributed by atoms with Crippen LogP contribution in [0.2, 0.25) is 5.02 Å². The molecule has 0 unspecified atom stereocenters. The molecule has 6 rings (SSSR count). The van der Waals surface area contributed by atoms with Crippen molar-refractivity contribution >= 4 is 45.1 Å². The summed E-state index contributed by atoms with van der Waals surface area (Å²) in [7, 11) is 1.63. The van der Waals surface area contributed by atoms with Crippen molar-refractivity contribution in [1.82, 2.24) is 0 Å². The second-order valence-corrected chi connectivity index (χ2v) is 11.2. The van der Waals surface area contributed by atoms with Crippen LogP contribution in [0.3, 0.4) is 0 Å². The Hall–Kier alpha value is -3.54. The Balaban J connectivity index is 1.17. The molecule has 0 bridgehead atoms. The van der Waals surface area contributed by atoms with Gasteiger partial charge in [0.15, 0.2) is 11.5 Å². The summed E-state index contributed by atoms with van der Waals surface area (Å²) in [4.78, 5) is 4.72. The molecule has 1 aliphatic carbocycles. The molecule has 0 amide bonds. The first-order valence-electron chi connectivity index (χ1n) is 13.0. The van der Waals surface area contributed by atoms with Gasteiger partial charge in [-0.2, -0.15) is 0 Å². The number of benzene rings is 4. The van der Waals surface area contributed by atoms with Crippen LogP contribution in [0.15, 0.2) is 107 Å². The molecule has 4 aromatic rings. The summed E-state index contributed by atoms with van der Waals surface area (Å²) < 4.78 is 12.5. The number of allylic oxidation sites excluding steroid dienone is 2. The molecule has 0 fully saturated rings. The Morgan fingerprint density at radius 1 is 1.03 bits per heavy atom. The number of anilines is 1. The molecule has 39 heavy (non-hydrogen) atoms. The normalized spacial score (nSPS) is 19.4. The number of halogens is 2. The number of ether oxygens (including phenoxy) is 2. The predicted octanol–water partition coefficient (Wildman–Crippen LogP) is 9.27. The summed E-state index contributed by atoms with van der Waals surface area (Å²) in [6.07, 6.45) is 7.63. The van der Waals surface area contributed by atoms with Crippen LogP contribution in [-0.4, -0.2) is 13.3 Å². The molecule has 1 aliphatic heterocycles. The van der Waals surface area contributed by atoms with E-state index in [1.54, 1.807) is 7.11 Å². The third kappa shape index (κ3) is 5.47. The first-order chi connectivity index (χ1) is 19.1. The van der Waals surface area contributed by atoms with Crippen LogP contribution in [-0.2, 0) is 6.61 Å². The summed E-state index contributed by atoms with van der Waals surface area (Å²) in [5, 5.41) is 4.48. The molecule has 6 heteroatoms. The molecule has 1 N–H and O–H groups in total. The van der Waals surface area contributed by atoms with E-state index >= 15 is 0 Å². The van der Waals surface area contributed by atoms with E-state index in [0.29, 0.717) is 35.0 Å². The standard InChI is InChI=1S/C33H28BrClN2O2/c1-38-31-18-22(17-29(34)33(31)39-20-21-6-4-7-24(35)16-21)19-36-25-14-12-23(13-15-25)32-28-10-5-9-26(28)27-8-2-3-11-30(27)37-32/h2-9,11-19,26,28,32,37H,10,20H2,1H3/t26-,28-,32+/m1/s1. The fourth-order valence-electron chi connectivity index (χ4n) is 5.53. The van der Waals surface area contributed by atoms with E-state index in [2.05, 4.69) is 81.9 Å². The minimum absolute atomic E-state index is 0.276. The Morgan fingerprint density at radius 2 is 1.87 bits per heavy atom. The molecule has 1 heterocycles. The van der Waals surface area contributed by atoms with Crippen LogP contribution < -0.4 is 14.8 Å². The van der Waals surface area contributed by atoms with Crippen molar-refractivity contribution in [3.63, 3.8) is 0 Å².